The van der Waals surface area contributed by atoms with E-state index in [0.29, 0.717) is 19.7 Å². The summed E-state index contributed by atoms with van der Waals surface area (Å²) in [5, 5.41) is 1.08. The summed E-state index contributed by atoms with van der Waals surface area (Å²) in [5.41, 5.74) is 9.72. The molecule has 28 heavy (non-hydrogen) atoms. The Bertz CT molecular complexity index is 982. The summed E-state index contributed by atoms with van der Waals surface area (Å²) in [6.07, 6.45) is -0.262. The van der Waals surface area contributed by atoms with Gasteiger partial charge in [-0.25, -0.2) is 9.78 Å². The highest BCUT2D eigenvalue weighted by atomic mass is 16.6. The monoisotopic (exact) mass is 376 g/mol. The van der Waals surface area contributed by atoms with E-state index in [0.717, 1.165) is 46.6 Å². The molecule has 1 saturated heterocycles. The Labute approximate surface area is 164 Å². The van der Waals surface area contributed by atoms with Crippen molar-refractivity contribution in [3.05, 3.63) is 65.7 Å². The maximum absolute atomic E-state index is 12.3. The number of pyridine rings is 1. The summed E-state index contributed by atoms with van der Waals surface area (Å²) in [4.78, 5) is 21.1. The predicted molar refractivity (Wildman–Crippen MR) is 111 cm³/mol. The van der Waals surface area contributed by atoms with Crippen molar-refractivity contribution in [2.24, 2.45) is 0 Å². The number of carbonyl (C=O) groups is 1. The lowest BCUT2D eigenvalue weighted by Crippen LogP contribution is -2.49. The lowest BCUT2D eigenvalue weighted by atomic mass is 10.1. The van der Waals surface area contributed by atoms with Crippen molar-refractivity contribution < 1.29 is 9.53 Å². The van der Waals surface area contributed by atoms with Gasteiger partial charge in [-0.05, 0) is 42.3 Å². The van der Waals surface area contributed by atoms with E-state index in [-0.39, 0.29) is 6.09 Å². The van der Waals surface area contributed by atoms with Crippen LogP contribution in [-0.4, -0.2) is 42.2 Å². The molecule has 0 spiro atoms. The van der Waals surface area contributed by atoms with E-state index in [1.807, 2.05) is 48.5 Å². The Morgan fingerprint density at radius 1 is 1.07 bits per heavy atom. The normalized spacial score (nSPS) is 14.3. The van der Waals surface area contributed by atoms with Gasteiger partial charge in [0, 0.05) is 37.3 Å². The summed E-state index contributed by atoms with van der Waals surface area (Å²) in [6.45, 7) is 5.07. The minimum absolute atomic E-state index is 0.262. The molecule has 2 aromatic carbocycles. The number of nitrogen functional groups attached to an aromatic ring is 1. The third-order valence-electron chi connectivity index (χ3n) is 5.09. The Kier molecular flexibility index (Phi) is 5.02. The molecule has 1 fully saturated rings. The number of hydrogen-bond donors (Lipinski definition) is 1. The molecule has 3 aromatic rings. The third-order valence-corrected chi connectivity index (χ3v) is 5.09. The first kappa shape index (κ1) is 18.1. The number of aromatic nitrogens is 1. The van der Waals surface area contributed by atoms with Crippen LogP contribution in [0.2, 0.25) is 0 Å². The van der Waals surface area contributed by atoms with Crippen molar-refractivity contribution in [1.82, 2.24) is 9.88 Å². The van der Waals surface area contributed by atoms with E-state index < -0.39 is 0 Å². The Morgan fingerprint density at radius 2 is 1.82 bits per heavy atom. The molecule has 0 bridgehead atoms. The molecule has 1 aliphatic heterocycles. The van der Waals surface area contributed by atoms with Crippen molar-refractivity contribution in [3.63, 3.8) is 0 Å². The molecule has 144 valence electrons. The van der Waals surface area contributed by atoms with Gasteiger partial charge in [0.15, 0.2) is 0 Å². The van der Waals surface area contributed by atoms with Gasteiger partial charge in [-0.3, -0.25) is 0 Å². The van der Waals surface area contributed by atoms with Crippen molar-refractivity contribution in [3.8, 4) is 0 Å². The largest absolute Gasteiger partial charge is 0.445 e. The maximum Gasteiger partial charge on any atom is 0.410 e. The van der Waals surface area contributed by atoms with Gasteiger partial charge in [-0.15, -0.1) is 0 Å². The van der Waals surface area contributed by atoms with Crippen molar-refractivity contribution in [1.29, 1.82) is 0 Å². The van der Waals surface area contributed by atoms with Crippen LogP contribution in [0.4, 0.5) is 16.3 Å². The average molecular weight is 376 g/mol. The SMILES string of the molecule is Cc1cc(N2CCN(C(=O)OCc3ccccc3)CC2)nc2ccc(N)cc12. The minimum Gasteiger partial charge on any atom is -0.445 e. The highest BCUT2D eigenvalue weighted by Gasteiger charge is 2.23. The van der Waals surface area contributed by atoms with Crippen LogP contribution < -0.4 is 10.6 Å². The average Bonchev–Trinajstić information content (AvgIpc) is 2.73. The number of fused-ring (bicyclic) bond motifs is 1. The van der Waals surface area contributed by atoms with E-state index in [9.17, 15) is 4.79 Å². The standard InChI is InChI=1S/C22H24N4O2/c1-16-13-21(24-20-8-7-18(23)14-19(16)20)25-9-11-26(12-10-25)22(27)28-15-17-5-3-2-4-6-17/h2-8,13-14H,9-12,15,23H2,1H3. The lowest BCUT2D eigenvalue weighted by molar-refractivity contribution is 0.0941. The quantitative estimate of drug-likeness (QED) is 0.708. The van der Waals surface area contributed by atoms with Crippen molar-refractivity contribution >= 4 is 28.5 Å². The molecule has 0 radical (unpaired) electrons. The number of ether oxygens (including phenoxy) is 1. The van der Waals surface area contributed by atoms with E-state index in [1.54, 1.807) is 4.90 Å². The number of nitrogens with zero attached hydrogens (tertiary/aromatic N) is 3. The topological polar surface area (TPSA) is 71.7 Å². The number of aryl methyl sites for hydroxylation is 1. The number of carbonyl (C=O) groups excluding carboxylic acids is 1. The van der Waals surface area contributed by atoms with E-state index in [4.69, 9.17) is 15.5 Å². The van der Waals surface area contributed by atoms with Crippen LogP contribution in [0.5, 0.6) is 0 Å². The van der Waals surface area contributed by atoms with Crippen LogP contribution in [0.15, 0.2) is 54.6 Å². The molecule has 4 rings (SSSR count). The Morgan fingerprint density at radius 3 is 2.57 bits per heavy atom. The first-order valence-corrected chi connectivity index (χ1v) is 9.47. The van der Waals surface area contributed by atoms with E-state index in [1.165, 1.54) is 0 Å². The van der Waals surface area contributed by atoms with Gasteiger partial charge in [-0.1, -0.05) is 30.3 Å². The minimum atomic E-state index is -0.262. The van der Waals surface area contributed by atoms with E-state index in [2.05, 4.69) is 17.9 Å². The molecule has 6 nitrogen and oxygen atoms in total. The summed E-state index contributed by atoms with van der Waals surface area (Å²) in [5.74, 6) is 0.937. The van der Waals surface area contributed by atoms with Gasteiger partial charge in [0.25, 0.3) is 0 Å². The summed E-state index contributed by atoms with van der Waals surface area (Å²) >= 11 is 0. The molecular formula is C22H24N4O2. The Balaban J connectivity index is 1.38. The fraction of sp³-hybridized carbons (Fsp3) is 0.273. The smallest absolute Gasteiger partial charge is 0.410 e. The van der Waals surface area contributed by atoms with Gasteiger partial charge < -0.3 is 20.3 Å². The van der Waals surface area contributed by atoms with Crippen LogP contribution in [0.25, 0.3) is 10.9 Å². The molecule has 1 amide bonds. The van der Waals surface area contributed by atoms with Crippen LogP contribution in [0.1, 0.15) is 11.1 Å². The second kappa shape index (κ2) is 7.76. The third kappa shape index (κ3) is 3.86. The number of benzene rings is 2. The second-order valence-corrected chi connectivity index (χ2v) is 7.09. The van der Waals surface area contributed by atoms with Crippen LogP contribution in [0.3, 0.4) is 0 Å². The maximum atomic E-state index is 12.3. The van der Waals surface area contributed by atoms with Gasteiger partial charge in [-0.2, -0.15) is 0 Å². The first-order valence-electron chi connectivity index (χ1n) is 9.47. The number of amides is 1. The summed E-state index contributed by atoms with van der Waals surface area (Å²) in [7, 11) is 0. The fourth-order valence-corrected chi connectivity index (χ4v) is 3.48. The highest BCUT2D eigenvalue weighted by molar-refractivity contribution is 5.86. The fourth-order valence-electron chi connectivity index (χ4n) is 3.48. The molecule has 0 atom stereocenters. The molecule has 0 aliphatic carbocycles. The van der Waals surface area contributed by atoms with Crippen LogP contribution in [-0.2, 0) is 11.3 Å². The molecule has 0 unspecified atom stereocenters. The molecule has 2 heterocycles. The lowest BCUT2D eigenvalue weighted by Gasteiger charge is -2.35. The first-order chi connectivity index (χ1) is 13.6. The molecule has 1 aromatic heterocycles. The zero-order valence-corrected chi connectivity index (χ0v) is 16.0. The molecule has 6 heteroatoms. The van der Waals surface area contributed by atoms with Gasteiger partial charge in [0.05, 0.1) is 5.52 Å². The number of nitrogens with two attached hydrogens (primary N) is 1. The molecule has 2 N–H and O–H groups in total. The zero-order valence-electron chi connectivity index (χ0n) is 16.0. The molecule has 1 aliphatic rings. The van der Waals surface area contributed by atoms with Gasteiger partial charge >= 0.3 is 6.09 Å². The van der Waals surface area contributed by atoms with Gasteiger partial charge in [0.2, 0.25) is 0 Å². The van der Waals surface area contributed by atoms with Gasteiger partial charge in [0.1, 0.15) is 12.4 Å². The summed E-state index contributed by atoms with van der Waals surface area (Å²) < 4.78 is 5.44. The summed E-state index contributed by atoms with van der Waals surface area (Å²) in [6, 6.07) is 17.6. The van der Waals surface area contributed by atoms with Crippen LogP contribution in [0, 0.1) is 6.92 Å². The molecular weight excluding hydrogens is 352 g/mol. The number of rotatable bonds is 3. The number of anilines is 2. The Hall–Kier alpha value is -3.28. The van der Waals surface area contributed by atoms with Crippen molar-refractivity contribution in [2.75, 3.05) is 36.8 Å². The van der Waals surface area contributed by atoms with E-state index >= 15 is 0 Å². The number of piperazine rings is 1. The zero-order chi connectivity index (χ0) is 19.5. The number of hydrogen-bond acceptors (Lipinski definition) is 5. The highest BCUT2D eigenvalue weighted by Crippen LogP contribution is 2.25. The molecule has 0 saturated carbocycles. The van der Waals surface area contributed by atoms with Crippen molar-refractivity contribution in [2.45, 2.75) is 13.5 Å². The second-order valence-electron chi connectivity index (χ2n) is 7.09. The van der Waals surface area contributed by atoms with Crippen LogP contribution >= 0.6 is 0 Å². The predicted octanol–water partition coefficient (Wildman–Crippen LogP) is 3.58.